The number of halogens is 1. The quantitative estimate of drug-likeness (QED) is 0.748. The minimum absolute atomic E-state index is 0.0213. The summed E-state index contributed by atoms with van der Waals surface area (Å²) in [5, 5.41) is 9.82. The van der Waals surface area contributed by atoms with Crippen LogP contribution < -0.4 is 10.3 Å². The van der Waals surface area contributed by atoms with Gasteiger partial charge < -0.3 is 14.6 Å². The fourth-order valence-corrected chi connectivity index (χ4v) is 2.17. The SMILES string of the molecule is CC[C@@]1(F)O[C@@H]2C(Oc3nc(=O)ccn32)[C@@H]1O. The molecular weight excluding hydrogens is 231 g/mol. The smallest absolute Gasteiger partial charge is 0.302 e. The van der Waals surface area contributed by atoms with Crippen molar-refractivity contribution >= 4 is 0 Å². The lowest BCUT2D eigenvalue weighted by molar-refractivity contribution is -0.189. The number of rotatable bonds is 1. The molecule has 0 aliphatic carbocycles. The van der Waals surface area contributed by atoms with E-state index in [1.54, 1.807) is 6.92 Å². The van der Waals surface area contributed by atoms with Gasteiger partial charge in [0.2, 0.25) is 5.85 Å². The molecule has 3 heterocycles. The zero-order valence-corrected chi connectivity index (χ0v) is 9.04. The first-order valence-electron chi connectivity index (χ1n) is 5.36. The molecular formula is C10H11FN2O4. The van der Waals surface area contributed by atoms with Gasteiger partial charge >= 0.3 is 6.01 Å². The van der Waals surface area contributed by atoms with E-state index in [2.05, 4.69) is 4.98 Å². The fourth-order valence-electron chi connectivity index (χ4n) is 2.17. The molecule has 6 nitrogen and oxygen atoms in total. The van der Waals surface area contributed by atoms with Crippen LogP contribution in [-0.4, -0.2) is 32.7 Å². The highest BCUT2D eigenvalue weighted by Gasteiger charge is 2.59. The molecule has 4 atom stereocenters. The summed E-state index contributed by atoms with van der Waals surface area (Å²) < 4.78 is 25.9. The van der Waals surface area contributed by atoms with E-state index in [-0.39, 0.29) is 12.4 Å². The molecule has 3 rings (SSSR count). The normalized spacial score (nSPS) is 38.6. The number of ether oxygens (including phenoxy) is 2. The van der Waals surface area contributed by atoms with E-state index in [9.17, 15) is 14.3 Å². The van der Waals surface area contributed by atoms with Crippen molar-refractivity contribution in [3.63, 3.8) is 0 Å². The summed E-state index contributed by atoms with van der Waals surface area (Å²) in [5.41, 5.74) is -0.451. The molecule has 2 aliphatic heterocycles. The first-order chi connectivity index (χ1) is 8.05. The average molecular weight is 242 g/mol. The Balaban J connectivity index is 2.02. The Labute approximate surface area is 95.6 Å². The Morgan fingerprint density at radius 2 is 2.47 bits per heavy atom. The van der Waals surface area contributed by atoms with Crippen molar-refractivity contribution in [1.82, 2.24) is 9.55 Å². The second-order valence-electron chi connectivity index (χ2n) is 4.13. The molecule has 1 saturated heterocycles. The molecule has 1 aromatic heterocycles. The minimum Gasteiger partial charge on any atom is -0.453 e. The summed E-state index contributed by atoms with van der Waals surface area (Å²) in [5.74, 6) is -2.11. The van der Waals surface area contributed by atoms with E-state index < -0.39 is 29.8 Å². The van der Waals surface area contributed by atoms with E-state index in [0.29, 0.717) is 0 Å². The number of fused-ring (bicyclic) bond motifs is 3. The van der Waals surface area contributed by atoms with E-state index >= 15 is 0 Å². The number of aliphatic hydroxyl groups excluding tert-OH is 1. The molecule has 2 aliphatic rings. The first-order valence-corrected chi connectivity index (χ1v) is 5.36. The Morgan fingerprint density at radius 3 is 3.18 bits per heavy atom. The Morgan fingerprint density at radius 1 is 1.71 bits per heavy atom. The van der Waals surface area contributed by atoms with Gasteiger partial charge in [-0.05, 0) is 0 Å². The van der Waals surface area contributed by atoms with Gasteiger partial charge in [0.25, 0.3) is 5.56 Å². The van der Waals surface area contributed by atoms with Crippen LogP contribution in [0.5, 0.6) is 6.01 Å². The third-order valence-corrected chi connectivity index (χ3v) is 3.15. The van der Waals surface area contributed by atoms with Crippen molar-refractivity contribution in [2.24, 2.45) is 0 Å². The Bertz CT molecular complexity index is 519. The van der Waals surface area contributed by atoms with E-state index in [1.807, 2.05) is 0 Å². The molecule has 1 fully saturated rings. The number of alkyl halides is 1. The number of hydrogen-bond donors (Lipinski definition) is 1. The third-order valence-electron chi connectivity index (χ3n) is 3.15. The Kier molecular flexibility index (Phi) is 2.05. The molecule has 0 amide bonds. The van der Waals surface area contributed by atoms with Gasteiger partial charge in [0.15, 0.2) is 18.4 Å². The topological polar surface area (TPSA) is 73.6 Å². The molecule has 92 valence electrons. The van der Waals surface area contributed by atoms with Crippen LogP contribution >= 0.6 is 0 Å². The molecule has 1 N–H and O–H groups in total. The van der Waals surface area contributed by atoms with Crippen LogP contribution in [0.4, 0.5) is 4.39 Å². The summed E-state index contributed by atoms with van der Waals surface area (Å²) >= 11 is 0. The number of aliphatic hydroxyl groups is 1. The Hall–Kier alpha value is -1.47. The van der Waals surface area contributed by atoms with Crippen molar-refractivity contribution in [3.8, 4) is 6.01 Å². The molecule has 17 heavy (non-hydrogen) atoms. The van der Waals surface area contributed by atoms with E-state index in [4.69, 9.17) is 9.47 Å². The highest BCUT2D eigenvalue weighted by molar-refractivity contribution is 5.12. The highest BCUT2D eigenvalue weighted by Crippen LogP contribution is 2.45. The lowest BCUT2D eigenvalue weighted by Crippen LogP contribution is -2.40. The number of hydrogen-bond acceptors (Lipinski definition) is 5. The van der Waals surface area contributed by atoms with Gasteiger partial charge in [-0.25, -0.2) is 4.39 Å². The van der Waals surface area contributed by atoms with Gasteiger partial charge in [-0.15, -0.1) is 0 Å². The van der Waals surface area contributed by atoms with E-state index in [0.717, 1.165) is 0 Å². The van der Waals surface area contributed by atoms with Crippen LogP contribution in [0.1, 0.15) is 19.6 Å². The summed E-state index contributed by atoms with van der Waals surface area (Å²) in [6.45, 7) is 1.58. The highest BCUT2D eigenvalue weighted by atomic mass is 19.2. The van der Waals surface area contributed by atoms with Crippen molar-refractivity contribution < 1.29 is 19.0 Å². The average Bonchev–Trinajstić information content (AvgIpc) is 2.76. The predicted octanol–water partition coefficient (Wildman–Crippen LogP) is -0.0302. The molecule has 1 unspecified atom stereocenters. The summed E-state index contributed by atoms with van der Waals surface area (Å²) in [4.78, 5) is 14.6. The van der Waals surface area contributed by atoms with Crippen LogP contribution in [0.2, 0.25) is 0 Å². The predicted molar refractivity (Wildman–Crippen MR) is 53.2 cm³/mol. The van der Waals surface area contributed by atoms with Gasteiger partial charge in [0.05, 0.1) is 0 Å². The first kappa shape index (κ1) is 10.7. The summed E-state index contributed by atoms with van der Waals surface area (Å²) in [6.07, 6.45) is -1.60. The van der Waals surface area contributed by atoms with Crippen LogP contribution in [0.25, 0.3) is 0 Å². The van der Waals surface area contributed by atoms with E-state index in [1.165, 1.54) is 16.8 Å². The molecule has 0 bridgehead atoms. The largest absolute Gasteiger partial charge is 0.453 e. The maximum Gasteiger partial charge on any atom is 0.302 e. The van der Waals surface area contributed by atoms with Crippen molar-refractivity contribution in [3.05, 3.63) is 22.6 Å². The lowest BCUT2D eigenvalue weighted by Gasteiger charge is -2.22. The van der Waals surface area contributed by atoms with Crippen LogP contribution in [-0.2, 0) is 4.74 Å². The lowest BCUT2D eigenvalue weighted by atomic mass is 10.1. The summed E-state index contributed by atoms with van der Waals surface area (Å²) in [6, 6.07) is 1.28. The van der Waals surface area contributed by atoms with Gasteiger partial charge in [0, 0.05) is 18.7 Å². The van der Waals surface area contributed by atoms with Crippen LogP contribution in [0, 0.1) is 0 Å². The van der Waals surface area contributed by atoms with Gasteiger partial charge in [-0.2, -0.15) is 4.98 Å². The molecule has 7 heteroatoms. The van der Waals surface area contributed by atoms with Crippen molar-refractivity contribution in [1.29, 1.82) is 0 Å². The maximum absolute atomic E-state index is 14.1. The fraction of sp³-hybridized carbons (Fsp3) is 0.600. The minimum atomic E-state index is -2.11. The molecule has 1 aromatic rings. The standard InChI is InChI=1S/C10H11FN2O4/c1-2-10(11)7(15)6-8(17-10)13-4-3-5(14)12-9(13)16-6/h3-4,6-8,15H,2H2,1H3/t6?,7-,8+,10+/m0/s1. The van der Waals surface area contributed by atoms with Crippen molar-refractivity contribution in [2.45, 2.75) is 37.6 Å². The third kappa shape index (κ3) is 1.32. The van der Waals surface area contributed by atoms with Crippen LogP contribution in [0.3, 0.4) is 0 Å². The van der Waals surface area contributed by atoms with Crippen molar-refractivity contribution in [2.75, 3.05) is 0 Å². The molecule has 0 radical (unpaired) electrons. The number of aromatic nitrogens is 2. The van der Waals surface area contributed by atoms with Gasteiger partial charge in [-0.3, -0.25) is 9.36 Å². The molecule has 0 aromatic carbocycles. The zero-order chi connectivity index (χ0) is 12.2. The second-order valence-corrected chi connectivity index (χ2v) is 4.13. The van der Waals surface area contributed by atoms with Crippen LogP contribution in [0.15, 0.2) is 17.1 Å². The number of nitrogens with zero attached hydrogens (tertiary/aromatic N) is 2. The van der Waals surface area contributed by atoms with Gasteiger partial charge in [0.1, 0.15) is 0 Å². The second kappa shape index (κ2) is 3.27. The molecule has 0 spiro atoms. The molecule has 0 saturated carbocycles. The zero-order valence-electron chi connectivity index (χ0n) is 9.04. The van der Waals surface area contributed by atoms with Gasteiger partial charge in [-0.1, -0.05) is 6.92 Å². The maximum atomic E-state index is 14.1. The summed E-state index contributed by atoms with van der Waals surface area (Å²) in [7, 11) is 0. The monoisotopic (exact) mass is 242 g/mol.